The number of aliphatic hydroxyl groups is 1. The van der Waals surface area contributed by atoms with Gasteiger partial charge in [0.2, 0.25) is 0 Å². The Balaban J connectivity index is 1.77. The van der Waals surface area contributed by atoms with Crippen LogP contribution < -0.4 is 4.74 Å². The third kappa shape index (κ3) is 3.55. The zero-order valence-electron chi connectivity index (χ0n) is 13.8. The number of carbonyl (C=O) groups is 2. The van der Waals surface area contributed by atoms with Gasteiger partial charge in [-0.3, -0.25) is 4.79 Å². The summed E-state index contributed by atoms with van der Waals surface area (Å²) in [5.41, 5.74) is 2.38. The Morgan fingerprint density at radius 1 is 1.12 bits per heavy atom. The number of carbonyl (C=O) groups excluding carboxylic acids is 2. The van der Waals surface area contributed by atoms with E-state index in [1.54, 1.807) is 25.1 Å². The first-order valence-electron chi connectivity index (χ1n) is 8.03. The van der Waals surface area contributed by atoms with Crippen LogP contribution in [0.2, 0.25) is 0 Å². The summed E-state index contributed by atoms with van der Waals surface area (Å²) in [5, 5.41) is 10.3. The molecular weight excluding hydrogens is 320 g/mol. The highest BCUT2D eigenvalue weighted by Gasteiger charge is 2.31. The zero-order valence-corrected chi connectivity index (χ0v) is 13.8. The van der Waals surface area contributed by atoms with Crippen molar-refractivity contribution in [3.05, 3.63) is 70.8 Å². The van der Waals surface area contributed by atoms with Gasteiger partial charge in [0, 0.05) is 12.0 Å². The number of hydrogen-bond donors (Lipinski definition) is 1. The Kier molecular flexibility index (Phi) is 4.84. The molecule has 0 saturated heterocycles. The van der Waals surface area contributed by atoms with Gasteiger partial charge in [-0.15, -0.1) is 0 Å². The Morgan fingerprint density at radius 2 is 1.88 bits per heavy atom. The molecule has 5 heteroatoms. The van der Waals surface area contributed by atoms with E-state index < -0.39 is 11.8 Å². The Morgan fingerprint density at radius 3 is 2.60 bits per heavy atom. The Bertz CT molecular complexity index is 836. The average Bonchev–Trinajstić information content (AvgIpc) is 2.97. The molecule has 0 fully saturated rings. The summed E-state index contributed by atoms with van der Waals surface area (Å²) in [4.78, 5) is 23.7. The first-order valence-corrected chi connectivity index (χ1v) is 8.03. The van der Waals surface area contributed by atoms with Crippen LogP contribution in [-0.2, 0) is 27.4 Å². The van der Waals surface area contributed by atoms with Gasteiger partial charge in [0.1, 0.15) is 18.1 Å². The predicted octanol–water partition coefficient (Wildman–Crippen LogP) is 3.22. The maximum Gasteiger partial charge on any atom is 0.379 e. The molecule has 0 aliphatic heterocycles. The normalized spacial score (nSPS) is 12.7. The van der Waals surface area contributed by atoms with Crippen LogP contribution in [-0.4, -0.2) is 23.5 Å². The highest BCUT2D eigenvalue weighted by Crippen LogP contribution is 2.34. The van der Waals surface area contributed by atoms with E-state index in [1.165, 1.54) is 0 Å². The van der Waals surface area contributed by atoms with Gasteiger partial charge in [0.05, 0.1) is 12.2 Å². The third-order valence-electron chi connectivity index (χ3n) is 3.97. The molecule has 0 spiro atoms. The molecule has 1 N–H and O–H groups in total. The van der Waals surface area contributed by atoms with E-state index in [0.29, 0.717) is 17.9 Å². The molecule has 0 heterocycles. The van der Waals surface area contributed by atoms with Gasteiger partial charge in [-0.05, 0) is 30.2 Å². The van der Waals surface area contributed by atoms with E-state index in [9.17, 15) is 14.7 Å². The fourth-order valence-corrected chi connectivity index (χ4v) is 2.71. The van der Waals surface area contributed by atoms with E-state index in [4.69, 9.17) is 9.47 Å². The van der Waals surface area contributed by atoms with Crippen LogP contribution in [0.5, 0.6) is 5.75 Å². The predicted molar refractivity (Wildman–Crippen MR) is 92.1 cm³/mol. The Hall–Kier alpha value is -3.08. The molecule has 0 saturated carbocycles. The highest BCUT2D eigenvalue weighted by molar-refractivity contribution is 6.42. The van der Waals surface area contributed by atoms with Gasteiger partial charge < -0.3 is 14.6 Å². The second kappa shape index (κ2) is 7.21. The number of esters is 1. The zero-order chi connectivity index (χ0) is 17.8. The monoisotopic (exact) mass is 338 g/mol. The van der Waals surface area contributed by atoms with Crippen molar-refractivity contribution in [1.29, 1.82) is 0 Å². The number of ketones is 1. The van der Waals surface area contributed by atoms with Crippen LogP contribution in [0, 0.1) is 0 Å². The van der Waals surface area contributed by atoms with Crippen molar-refractivity contribution in [3.8, 4) is 5.75 Å². The lowest BCUT2D eigenvalue weighted by molar-refractivity contribution is -0.151. The lowest BCUT2D eigenvalue weighted by Crippen LogP contribution is -2.20. The summed E-state index contributed by atoms with van der Waals surface area (Å²) in [6, 6.07) is 15.0. The van der Waals surface area contributed by atoms with Crippen molar-refractivity contribution in [2.24, 2.45) is 0 Å². The number of Topliss-reactive ketones (excluding diaryl/α,β-unsaturated/α-hetero) is 1. The number of benzene rings is 2. The molecule has 5 nitrogen and oxygen atoms in total. The largest absolute Gasteiger partial charge is 0.507 e. The Labute approximate surface area is 145 Å². The summed E-state index contributed by atoms with van der Waals surface area (Å²) in [5.74, 6) is -1.35. The number of rotatable bonds is 6. The molecule has 0 aromatic heterocycles. The van der Waals surface area contributed by atoms with Crippen LogP contribution in [0.4, 0.5) is 0 Å². The second-order valence-electron chi connectivity index (χ2n) is 5.65. The molecule has 0 radical (unpaired) electrons. The fourth-order valence-electron chi connectivity index (χ4n) is 2.71. The minimum atomic E-state index is -0.947. The molecule has 128 valence electrons. The second-order valence-corrected chi connectivity index (χ2v) is 5.65. The molecule has 0 amide bonds. The molecule has 1 aliphatic rings. The summed E-state index contributed by atoms with van der Waals surface area (Å²) in [6.07, 6.45) is 0.206. The van der Waals surface area contributed by atoms with Crippen LogP contribution >= 0.6 is 0 Å². The van der Waals surface area contributed by atoms with Crippen LogP contribution in [0.3, 0.4) is 0 Å². The standard InChI is InChI=1S/C20H18O5/c1-2-24-20(23)19(22)17-10-14-8-9-15(11-16(14)18(17)21)25-12-13-6-4-3-5-7-13/h3-9,11,21H,2,10,12H2,1H3. The number of fused-ring (bicyclic) bond motifs is 1. The first kappa shape index (κ1) is 16.8. The SMILES string of the molecule is CCOC(=O)C(=O)C1=C(O)c2cc(OCc3ccccc3)ccc2C1. The molecule has 25 heavy (non-hydrogen) atoms. The highest BCUT2D eigenvalue weighted by atomic mass is 16.5. The third-order valence-corrected chi connectivity index (χ3v) is 3.97. The van der Waals surface area contributed by atoms with Crippen molar-refractivity contribution in [1.82, 2.24) is 0 Å². The van der Waals surface area contributed by atoms with Gasteiger partial charge >= 0.3 is 5.97 Å². The molecule has 2 aromatic carbocycles. The maximum absolute atomic E-state index is 12.1. The van der Waals surface area contributed by atoms with Crippen LogP contribution in [0.15, 0.2) is 54.1 Å². The van der Waals surface area contributed by atoms with Crippen LogP contribution in [0.1, 0.15) is 23.6 Å². The summed E-state index contributed by atoms with van der Waals surface area (Å²) in [7, 11) is 0. The van der Waals surface area contributed by atoms with E-state index in [2.05, 4.69) is 0 Å². The first-order chi connectivity index (χ1) is 12.1. The summed E-state index contributed by atoms with van der Waals surface area (Å²) < 4.78 is 10.5. The average molecular weight is 338 g/mol. The topological polar surface area (TPSA) is 72.8 Å². The van der Waals surface area contributed by atoms with Crippen molar-refractivity contribution < 1.29 is 24.2 Å². The smallest absolute Gasteiger partial charge is 0.379 e. The number of aliphatic hydroxyl groups excluding tert-OH is 1. The van der Waals surface area contributed by atoms with Crippen LogP contribution in [0.25, 0.3) is 5.76 Å². The van der Waals surface area contributed by atoms with E-state index >= 15 is 0 Å². The van der Waals surface area contributed by atoms with Gasteiger partial charge in [-0.1, -0.05) is 36.4 Å². The van der Waals surface area contributed by atoms with Gasteiger partial charge in [0.25, 0.3) is 5.78 Å². The fraction of sp³-hybridized carbons (Fsp3) is 0.200. The van der Waals surface area contributed by atoms with E-state index in [-0.39, 0.29) is 24.4 Å². The van der Waals surface area contributed by atoms with Crippen molar-refractivity contribution in [3.63, 3.8) is 0 Å². The molecule has 2 aromatic rings. The molecule has 3 rings (SSSR count). The minimum Gasteiger partial charge on any atom is -0.507 e. The van der Waals surface area contributed by atoms with E-state index in [0.717, 1.165) is 11.1 Å². The van der Waals surface area contributed by atoms with Crippen molar-refractivity contribution in [2.45, 2.75) is 20.0 Å². The minimum absolute atomic E-state index is 0.0636. The summed E-state index contributed by atoms with van der Waals surface area (Å²) in [6.45, 7) is 2.14. The van der Waals surface area contributed by atoms with Crippen molar-refractivity contribution >= 4 is 17.5 Å². The molecule has 1 aliphatic carbocycles. The molecule has 0 atom stereocenters. The quantitative estimate of drug-likeness (QED) is 0.647. The summed E-state index contributed by atoms with van der Waals surface area (Å²) >= 11 is 0. The maximum atomic E-state index is 12.1. The molecule has 0 unspecified atom stereocenters. The van der Waals surface area contributed by atoms with Gasteiger partial charge in [0.15, 0.2) is 0 Å². The lowest BCUT2D eigenvalue weighted by Gasteiger charge is -2.08. The molecular formula is C20H18O5. The van der Waals surface area contributed by atoms with Gasteiger partial charge in [-0.2, -0.15) is 0 Å². The van der Waals surface area contributed by atoms with Crippen molar-refractivity contribution in [2.75, 3.05) is 6.61 Å². The lowest BCUT2D eigenvalue weighted by atomic mass is 10.1. The molecule has 0 bridgehead atoms. The van der Waals surface area contributed by atoms with Gasteiger partial charge in [-0.25, -0.2) is 4.79 Å². The number of hydrogen-bond acceptors (Lipinski definition) is 5. The van der Waals surface area contributed by atoms with E-state index in [1.807, 2.05) is 30.3 Å². The number of ether oxygens (including phenoxy) is 2.